The van der Waals surface area contributed by atoms with E-state index in [1.54, 1.807) is 12.2 Å². The Morgan fingerprint density at radius 2 is 1.94 bits per heavy atom. The van der Waals surface area contributed by atoms with Crippen molar-refractivity contribution >= 4 is 12.0 Å². The van der Waals surface area contributed by atoms with E-state index in [2.05, 4.69) is 4.74 Å². The number of hydrogen-bond acceptors (Lipinski definition) is 3. The number of carbonyl (C=O) groups excluding carboxylic acids is 2. The van der Waals surface area contributed by atoms with Crippen LogP contribution in [0.25, 0.3) is 0 Å². The normalized spacial score (nSPS) is 10.8. The quantitative estimate of drug-likeness (QED) is 0.740. The summed E-state index contributed by atoms with van der Waals surface area (Å²) in [4.78, 5) is 22.7. The van der Waals surface area contributed by atoms with E-state index in [4.69, 9.17) is 0 Å². The summed E-state index contributed by atoms with van der Waals surface area (Å²) >= 11 is 0. The van der Waals surface area contributed by atoms with Crippen LogP contribution in [0.3, 0.4) is 0 Å². The Bertz CT molecular complexity index is 255. The van der Waals surface area contributed by atoms with Gasteiger partial charge in [-0.3, -0.25) is 4.79 Å². The van der Waals surface area contributed by atoms with Gasteiger partial charge in [0.25, 0.3) is 0 Å². The third-order valence-electron chi connectivity index (χ3n) is 1.46. The molecular formula is C8H13F3N2O3. The number of nitrogens with zero attached hydrogens (tertiary/aromatic N) is 1. The zero-order valence-electron chi connectivity index (χ0n) is 8.93. The highest BCUT2D eigenvalue weighted by molar-refractivity contribution is 5.80. The number of likely N-dealkylation sites (N-methyl/N-ethyl adjacent to an activating group) is 1. The van der Waals surface area contributed by atoms with E-state index in [9.17, 15) is 22.8 Å². The van der Waals surface area contributed by atoms with Crippen molar-refractivity contribution < 1.29 is 27.5 Å². The summed E-state index contributed by atoms with van der Waals surface area (Å²) in [5.74, 6) is -0.674. The molecule has 0 aliphatic rings. The Morgan fingerprint density at radius 3 is 2.38 bits per heavy atom. The average molecular weight is 242 g/mol. The van der Waals surface area contributed by atoms with E-state index >= 15 is 0 Å². The molecule has 5 nitrogen and oxygen atoms in total. The van der Waals surface area contributed by atoms with Crippen LogP contribution in [0.1, 0.15) is 6.92 Å². The third kappa shape index (κ3) is 6.91. The summed E-state index contributed by atoms with van der Waals surface area (Å²) in [6, 6.07) is -0.981. The highest BCUT2D eigenvalue weighted by atomic mass is 19.4. The van der Waals surface area contributed by atoms with E-state index in [1.165, 1.54) is 7.05 Å². The minimum absolute atomic E-state index is 0.150. The maximum absolute atomic E-state index is 11.7. The number of hydrogen-bond donors (Lipinski definition) is 1. The fourth-order valence-corrected chi connectivity index (χ4v) is 0.783. The molecule has 0 bridgehead atoms. The Morgan fingerprint density at radius 1 is 1.38 bits per heavy atom. The van der Waals surface area contributed by atoms with Crippen LogP contribution in [-0.4, -0.2) is 49.8 Å². The van der Waals surface area contributed by atoms with Crippen molar-refractivity contribution in [2.75, 3.05) is 26.7 Å². The van der Waals surface area contributed by atoms with Crippen LogP contribution in [-0.2, 0) is 9.53 Å². The lowest BCUT2D eigenvalue weighted by molar-refractivity contribution is -0.143. The molecule has 16 heavy (non-hydrogen) atoms. The van der Waals surface area contributed by atoms with Gasteiger partial charge in [0.1, 0.15) is 13.1 Å². The highest BCUT2D eigenvalue weighted by Gasteiger charge is 2.28. The molecule has 0 aromatic rings. The fourth-order valence-electron chi connectivity index (χ4n) is 0.783. The molecule has 0 saturated carbocycles. The second kappa shape index (κ2) is 6.19. The molecule has 0 heterocycles. The lowest BCUT2D eigenvalue weighted by atomic mass is 10.5. The molecule has 0 atom stereocenters. The van der Waals surface area contributed by atoms with Crippen molar-refractivity contribution in [1.29, 1.82) is 0 Å². The molecule has 0 unspecified atom stereocenters. The second-order valence-corrected chi connectivity index (χ2v) is 2.93. The van der Waals surface area contributed by atoms with Crippen molar-refractivity contribution in [3.8, 4) is 0 Å². The smallest absolute Gasteiger partial charge is 0.405 e. The van der Waals surface area contributed by atoms with Gasteiger partial charge in [-0.2, -0.15) is 13.2 Å². The van der Waals surface area contributed by atoms with E-state index in [0.717, 1.165) is 4.90 Å². The number of halogens is 3. The first-order valence-corrected chi connectivity index (χ1v) is 4.47. The minimum Gasteiger partial charge on any atom is -0.465 e. The molecule has 0 aromatic heterocycles. The summed E-state index contributed by atoms with van der Waals surface area (Å²) in [7, 11) is 1.20. The van der Waals surface area contributed by atoms with Crippen molar-refractivity contribution in [2.45, 2.75) is 13.1 Å². The molecule has 0 fully saturated rings. The van der Waals surface area contributed by atoms with Crippen LogP contribution >= 0.6 is 0 Å². The summed E-state index contributed by atoms with van der Waals surface area (Å²) < 4.78 is 39.7. The highest BCUT2D eigenvalue weighted by Crippen LogP contribution is 2.12. The van der Waals surface area contributed by atoms with Crippen molar-refractivity contribution in [3.63, 3.8) is 0 Å². The van der Waals surface area contributed by atoms with Gasteiger partial charge >= 0.3 is 18.2 Å². The topological polar surface area (TPSA) is 58.6 Å². The molecule has 2 amide bonds. The maximum Gasteiger partial charge on any atom is 0.405 e. The first kappa shape index (κ1) is 14.5. The Hall–Kier alpha value is -1.47. The minimum atomic E-state index is -4.47. The van der Waals surface area contributed by atoms with Crippen LogP contribution in [0.2, 0.25) is 0 Å². The van der Waals surface area contributed by atoms with Gasteiger partial charge in [-0.25, -0.2) is 4.79 Å². The van der Waals surface area contributed by atoms with E-state index in [0.29, 0.717) is 0 Å². The van der Waals surface area contributed by atoms with E-state index in [-0.39, 0.29) is 6.61 Å². The molecule has 94 valence electrons. The zero-order valence-corrected chi connectivity index (χ0v) is 8.93. The number of urea groups is 1. The molecule has 0 aromatic carbocycles. The van der Waals surface area contributed by atoms with Gasteiger partial charge in [-0.05, 0) is 6.92 Å². The van der Waals surface area contributed by atoms with Gasteiger partial charge in [0.15, 0.2) is 0 Å². The van der Waals surface area contributed by atoms with Gasteiger partial charge in [-0.1, -0.05) is 0 Å². The SMILES string of the molecule is CCOC(=O)CN(C)C(=O)NCC(F)(F)F. The largest absolute Gasteiger partial charge is 0.465 e. The maximum atomic E-state index is 11.7. The van der Waals surface area contributed by atoms with E-state index < -0.39 is 31.3 Å². The first-order chi connectivity index (χ1) is 7.26. The number of amides is 2. The Balaban J connectivity index is 3.95. The predicted octanol–water partition coefficient (Wildman–Crippen LogP) is 0.753. The van der Waals surface area contributed by atoms with Crippen LogP contribution in [0.4, 0.5) is 18.0 Å². The van der Waals surface area contributed by atoms with Crippen LogP contribution in [0, 0.1) is 0 Å². The third-order valence-corrected chi connectivity index (χ3v) is 1.46. The molecule has 0 aliphatic heterocycles. The molecule has 0 saturated heterocycles. The van der Waals surface area contributed by atoms with Crippen LogP contribution < -0.4 is 5.32 Å². The summed E-state index contributed by atoms with van der Waals surface area (Å²) in [5.41, 5.74) is 0. The second-order valence-electron chi connectivity index (χ2n) is 2.93. The zero-order chi connectivity index (χ0) is 12.8. The molecule has 1 N–H and O–H groups in total. The Labute approximate surface area is 90.5 Å². The summed E-state index contributed by atoms with van der Waals surface area (Å²) in [6.07, 6.45) is -4.47. The first-order valence-electron chi connectivity index (χ1n) is 4.47. The molecule has 0 rings (SSSR count). The summed E-state index contributed by atoms with van der Waals surface area (Å²) in [6.45, 7) is -0.0883. The lowest BCUT2D eigenvalue weighted by Crippen LogP contribution is -2.43. The van der Waals surface area contributed by atoms with Gasteiger partial charge in [0.05, 0.1) is 6.61 Å². The monoisotopic (exact) mass is 242 g/mol. The molecule has 8 heteroatoms. The number of rotatable bonds is 4. The summed E-state index contributed by atoms with van der Waals surface area (Å²) in [5, 5.41) is 1.62. The number of alkyl halides is 3. The van der Waals surface area contributed by atoms with Gasteiger partial charge < -0.3 is 15.0 Å². The van der Waals surface area contributed by atoms with E-state index in [1.807, 2.05) is 0 Å². The molecule has 0 radical (unpaired) electrons. The van der Waals surface area contributed by atoms with Gasteiger partial charge in [0, 0.05) is 7.05 Å². The fraction of sp³-hybridized carbons (Fsp3) is 0.750. The van der Waals surface area contributed by atoms with Crippen molar-refractivity contribution in [2.24, 2.45) is 0 Å². The van der Waals surface area contributed by atoms with Crippen molar-refractivity contribution in [3.05, 3.63) is 0 Å². The van der Waals surface area contributed by atoms with Gasteiger partial charge in [0.2, 0.25) is 0 Å². The molecular weight excluding hydrogens is 229 g/mol. The number of nitrogens with one attached hydrogen (secondary N) is 1. The Kier molecular flexibility index (Phi) is 5.62. The van der Waals surface area contributed by atoms with Gasteiger partial charge in [-0.15, -0.1) is 0 Å². The molecule has 0 spiro atoms. The standard InChI is InChI=1S/C8H13F3N2O3/c1-3-16-6(14)4-13(2)7(15)12-5-8(9,10)11/h3-5H2,1-2H3,(H,12,15). The number of ether oxygens (including phenoxy) is 1. The average Bonchev–Trinajstić information content (AvgIpc) is 2.13. The van der Waals surface area contributed by atoms with Crippen LogP contribution in [0.5, 0.6) is 0 Å². The molecule has 0 aliphatic carbocycles. The number of esters is 1. The lowest BCUT2D eigenvalue weighted by Gasteiger charge is -2.17. The number of carbonyl (C=O) groups is 2. The van der Waals surface area contributed by atoms with Crippen molar-refractivity contribution in [1.82, 2.24) is 10.2 Å². The predicted molar refractivity (Wildman–Crippen MR) is 48.7 cm³/mol. The van der Waals surface area contributed by atoms with Crippen LogP contribution in [0.15, 0.2) is 0 Å².